The number of rotatable bonds is 6. The molecule has 0 radical (unpaired) electrons. The second-order valence-electron chi connectivity index (χ2n) is 8.60. The van der Waals surface area contributed by atoms with Gasteiger partial charge in [-0.1, -0.05) is 45.0 Å². The molecule has 0 bridgehead atoms. The zero-order chi connectivity index (χ0) is 20.9. The van der Waals surface area contributed by atoms with Crippen LogP contribution in [-0.2, 0) is 16.8 Å². The van der Waals surface area contributed by atoms with Crippen molar-refractivity contribution in [3.8, 4) is 0 Å². The number of nitrogens with zero attached hydrogens (tertiary/aromatic N) is 2. The monoisotopic (exact) mass is 466 g/mol. The van der Waals surface area contributed by atoms with Crippen molar-refractivity contribution in [3.05, 3.63) is 65.4 Å². The summed E-state index contributed by atoms with van der Waals surface area (Å²) in [6.45, 7) is 9.73. The number of aromatic nitrogens is 1. The Balaban J connectivity index is 0.00000240. The van der Waals surface area contributed by atoms with Crippen LogP contribution in [0.4, 0.5) is 5.82 Å². The van der Waals surface area contributed by atoms with Gasteiger partial charge in [0, 0.05) is 37.9 Å². The molecule has 0 unspecified atom stereocenters. The normalized spacial score (nSPS) is 16.5. The Morgan fingerprint density at radius 2 is 1.90 bits per heavy atom. The lowest BCUT2D eigenvalue weighted by Gasteiger charge is -2.20. The molecule has 1 saturated heterocycles. The molecule has 2 heterocycles. The lowest BCUT2D eigenvalue weighted by molar-refractivity contribution is -0.124. The van der Waals surface area contributed by atoms with Crippen molar-refractivity contribution in [1.29, 1.82) is 0 Å². The lowest BCUT2D eigenvalue weighted by Crippen LogP contribution is -2.26. The second-order valence-corrected chi connectivity index (χ2v) is 8.60. The molecule has 1 amide bonds. The zero-order valence-electron chi connectivity index (χ0n) is 18.2. The first-order valence-corrected chi connectivity index (χ1v) is 10.00. The molecule has 3 N–H and O–H groups in total. The summed E-state index contributed by atoms with van der Waals surface area (Å²) in [5.74, 6) is 0.265. The Hall–Kier alpha value is -2.12. The molecule has 8 heteroatoms. The van der Waals surface area contributed by atoms with Gasteiger partial charge in [-0.25, -0.2) is 10.5 Å². The average molecular weight is 467 g/mol. The van der Waals surface area contributed by atoms with Crippen LogP contribution in [0.2, 0.25) is 0 Å². The van der Waals surface area contributed by atoms with Crippen LogP contribution in [0.5, 0.6) is 0 Å². The quantitative estimate of drug-likeness (QED) is 0.333. The van der Waals surface area contributed by atoms with Crippen molar-refractivity contribution >= 4 is 42.6 Å². The lowest BCUT2D eigenvalue weighted by atomic mass is 9.87. The third-order valence-corrected chi connectivity index (χ3v) is 5.17. The first-order valence-electron chi connectivity index (χ1n) is 10.00. The van der Waals surface area contributed by atoms with E-state index >= 15 is 0 Å². The molecule has 0 aliphatic carbocycles. The molecule has 1 fully saturated rings. The SMILES string of the molecule is CC(C)(C)c1ccc(CN2CC[C@@H](Nc3ccc(/C=C/C(=O)NO)cn3)C2)cc1.Cl.Cl. The molecule has 0 saturated carbocycles. The van der Waals surface area contributed by atoms with Crippen LogP contribution < -0.4 is 10.8 Å². The first kappa shape index (κ1) is 26.9. The number of carbonyl (C=O) groups excluding carboxylic acids is 1. The molecule has 1 aromatic carbocycles. The molecular weight excluding hydrogens is 435 g/mol. The van der Waals surface area contributed by atoms with Crippen molar-refractivity contribution in [2.24, 2.45) is 0 Å². The summed E-state index contributed by atoms with van der Waals surface area (Å²) in [5, 5.41) is 12.0. The Morgan fingerprint density at radius 3 is 2.48 bits per heavy atom. The van der Waals surface area contributed by atoms with Gasteiger partial charge in [-0.3, -0.25) is 14.9 Å². The maximum absolute atomic E-state index is 11.0. The van der Waals surface area contributed by atoms with E-state index in [0.29, 0.717) is 6.04 Å². The molecular formula is C23H32Cl2N4O2. The largest absolute Gasteiger partial charge is 0.366 e. The van der Waals surface area contributed by atoms with Crippen molar-refractivity contribution in [1.82, 2.24) is 15.4 Å². The summed E-state index contributed by atoms with van der Waals surface area (Å²) in [4.78, 5) is 17.9. The van der Waals surface area contributed by atoms with Gasteiger partial charge in [-0.2, -0.15) is 0 Å². The van der Waals surface area contributed by atoms with Crippen LogP contribution >= 0.6 is 24.8 Å². The van der Waals surface area contributed by atoms with Crippen LogP contribution in [0, 0.1) is 0 Å². The molecule has 0 spiro atoms. The number of pyridine rings is 1. The summed E-state index contributed by atoms with van der Waals surface area (Å²) < 4.78 is 0. The molecule has 31 heavy (non-hydrogen) atoms. The van der Waals surface area contributed by atoms with E-state index in [1.54, 1.807) is 17.8 Å². The predicted molar refractivity (Wildman–Crippen MR) is 130 cm³/mol. The highest BCUT2D eigenvalue weighted by atomic mass is 35.5. The number of anilines is 1. The highest BCUT2D eigenvalue weighted by Gasteiger charge is 2.22. The van der Waals surface area contributed by atoms with Crippen molar-refractivity contribution in [2.75, 3.05) is 18.4 Å². The summed E-state index contributed by atoms with van der Waals surface area (Å²) in [6.07, 6.45) is 5.64. The van der Waals surface area contributed by atoms with Gasteiger partial charge in [-0.15, -0.1) is 24.8 Å². The van der Waals surface area contributed by atoms with Gasteiger partial charge in [0.05, 0.1) is 0 Å². The number of hydrogen-bond acceptors (Lipinski definition) is 5. The molecule has 170 valence electrons. The first-order chi connectivity index (χ1) is 13.8. The van der Waals surface area contributed by atoms with Crippen LogP contribution in [-0.4, -0.2) is 40.1 Å². The van der Waals surface area contributed by atoms with E-state index in [1.165, 1.54) is 17.2 Å². The maximum atomic E-state index is 11.0. The fourth-order valence-corrected chi connectivity index (χ4v) is 3.47. The number of hydrogen-bond donors (Lipinski definition) is 3. The fourth-order valence-electron chi connectivity index (χ4n) is 3.47. The number of likely N-dealkylation sites (tertiary alicyclic amines) is 1. The van der Waals surface area contributed by atoms with E-state index in [9.17, 15) is 4.79 Å². The number of nitrogens with one attached hydrogen (secondary N) is 2. The molecule has 3 rings (SSSR count). The highest BCUT2D eigenvalue weighted by molar-refractivity contribution is 5.90. The van der Waals surface area contributed by atoms with Crippen molar-refractivity contribution in [2.45, 2.75) is 45.2 Å². The smallest absolute Gasteiger partial charge is 0.267 e. The van der Waals surface area contributed by atoms with E-state index in [0.717, 1.165) is 37.4 Å². The van der Waals surface area contributed by atoms with Gasteiger partial charge < -0.3 is 5.32 Å². The summed E-state index contributed by atoms with van der Waals surface area (Å²) in [5.41, 5.74) is 5.26. The standard InChI is InChI=1S/C23H30N4O2.2ClH/c1-23(2,3)19-8-4-18(5-9-19)15-27-13-12-20(16-27)25-21-10-6-17(14-24-21)7-11-22(28)26-29;;/h4-11,14,20,29H,12-13,15-16H2,1-3H3,(H,24,25)(H,26,28);2*1H/b11-7+;;/t20-;;/m1../s1. The van der Waals surface area contributed by atoms with E-state index in [-0.39, 0.29) is 30.2 Å². The minimum Gasteiger partial charge on any atom is -0.366 e. The van der Waals surface area contributed by atoms with Crippen LogP contribution in [0.25, 0.3) is 6.08 Å². The molecule has 1 aliphatic heterocycles. The molecule has 2 aromatic rings. The molecule has 6 nitrogen and oxygen atoms in total. The minimum atomic E-state index is -0.564. The zero-order valence-corrected chi connectivity index (χ0v) is 19.8. The summed E-state index contributed by atoms with van der Waals surface area (Å²) in [6, 6.07) is 13.1. The Bertz CT molecular complexity index is 849. The van der Waals surface area contributed by atoms with Crippen LogP contribution in [0.15, 0.2) is 48.7 Å². The van der Waals surface area contributed by atoms with Crippen LogP contribution in [0.1, 0.15) is 43.9 Å². The number of benzene rings is 1. The van der Waals surface area contributed by atoms with Crippen molar-refractivity contribution < 1.29 is 10.0 Å². The van der Waals surface area contributed by atoms with Gasteiger partial charge in [0.25, 0.3) is 5.91 Å². The highest BCUT2D eigenvalue weighted by Crippen LogP contribution is 2.23. The van der Waals surface area contributed by atoms with Gasteiger partial charge in [0.2, 0.25) is 0 Å². The van der Waals surface area contributed by atoms with E-state index < -0.39 is 5.91 Å². The number of carbonyl (C=O) groups is 1. The molecule has 1 aliphatic rings. The van der Waals surface area contributed by atoms with Crippen molar-refractivity contribution in [3.63, 3.8) is 0 Å². The number of amides is 1. The van der Waals surface area contributed by atoms with Gasteiger partial charge in [0.1, 0.15) is 5.82 Å². The summed E-state index contributed by atoms with van der Waals surface area (Å²) in [7, 11) is 0. The molecule has 1 atom stereocenters. The second kappa shape index (κ2) is 12.1. The Labute approximate surface area is 196 Å². The Morgan fingerprint density at radius 1 is 1.19 bits per heavy atom. The summed E-state index contributed by atoms with van der Waals surface area (Å²) >= 11 is 0. The number of hydroxylamine groups is 1. The van der Waals surface area contributed by atoms with E-state index in [2.05, 4.69) is 60.2 Å². The Kier molecular flexibility index (Phi) is 10.5. The van der Waals surface area contributed by atoms with Crippen LogP contribution in [0.3, 0.4) is 0 Å². The van der Waals surface area contributed by atoms with Gasteiger partial charge >= 0.3 is 0 Å². The third-order valence-electron chi connectivity index (χ3n) is 5.17. The minimum absolute atomic E-state index is 0. The third kappa shape index (κ3) is 8.15. The van der Waals surface area contributed by atoms with Gasteiger partial charge in [0.15, 0.2) is 0 Å². The van der Waals surface area contributed by atoms with E-state index in [1.807, 2.05) is 12.1 Å². The molecule has 1 aromatic heterocycles. The number of halogens is 2. The fraction of sp³-hybridized carbons (Fsp3) is 0.391. The topological polar surface area (TPSA) is 77.5 Å². The van der Waals surface area contributed by atoms with Gasteiger partial charge in [-0.05, 0) is 46.7 Å². The maximum Gasteiger partial charge on any atom is 0.267 e. The van der Waals surface area contributed by atoms with E-state index in [4.69, 9.17) is 5.21 Å². The predicted octanol–water partition coefficient (Wildman–Crippen LogP) is 4.43. The average Bonchev–Trinajstić information content (AvgIpc) is 3.13.